The summed E-state index contributed by atoms with van der Waals surface area (Å²) in [4.78, 5) is 41.8. The van der Waals surface area contributed by atoms with E-state index in [9.17, 15) is 27.6 Å². The molecular weight excluding hydrogens is 561 g/mol. The number of hydrogen-bond donors (Lipinski definition) is 2. The van der Waals surface area contributed by atoms with E-state index in [2.05, 4.69) is 5.32 Å². The molecule has 0 unspecified atom stereocenters. The first-order valence-corrected chi connectivity index (χ1v) is 14.8. The van der Waals surface area contributed by atoms with Crippen LogP contribution in [0.25, 0.3) is 10.9 Å². The van der Waals surface area contributed by atoms with Crippen molar-refractivity contribution in [3.63, 3.8) is 0 Å². The SMILES string of the molecule is N[C@H](CF)[C@H]1CC[C@H](C(=O)N2CC[C@H](c3ccccc3)[C@H]2C(=O)Nc2ccc3c(c2)cc2n3C(CF)(CF)OC2=O)CC1. The number of aromatic nitrogens is 1. The normalized spacial score (nSPS) is 25.4. The second-order valence-electron chi connectivity index (χ2n) is 11.9. The molecule has 3 heterocycles. The quantitative estimate of drug-likeness (QED) is 0.363. The molecule has 3 aromatic rings. The Balaban J connectivity index is 1.26. The van der Waals surface area contributed by atoms with Crippen LogP contribution in [0.2, 0.25) is 0 Å². The third-order valence-electron chi connectivity index (χ3n) is 9.47. The standard InChI is InChI=1S/C32H35F3N4O4/c33-16-25(36)20-6-8-21(9-7-20)30(41)38-13-12-24(19-4-2-1-3-5-19)28(38)29(40)37-23-10-11-26-22(14-23)15-27-31(42)43-32(17-34,18-35)39(26)27/h1-5,10-11,14-15,20-21,24-25,28H,6-9,12-13,16-18,36H2,(H,37,40)/t20-,21-,24-,25-,28+/m1/s1. The van der Waals surface area contributed by atoms with Crippen molar-refractivity contribution < 1.29 is 32.3 Å². The summed E-state index contributed by atoms with van der Waals surface area (Å²) in [6.45, 7) is -2.59. The van der Waals surface area contributed by atoms with Gasteiger partial charge in [-0.25, -0.2) is 18.0 Å². The Morgan fingerprint density at radius 3 is 2.40 bits per heavy atom. The van der Waals surface area contributed by atoms with Crippen LogP contribution in [0.5, 0.6) is 0 Å². The van der Waals surface area contributed by atoms with Gasteiger partial charge in [0.25, 0.3) is 0 Å². The number of nitrogens with two attached hydrogens (primary N) is 1. The summed E-state index contributed by atoms with van der Waals surface area (Å²) in [6.07, 6.45) is 3.19. The van der Waals surface area contributed by atoms with E-state index in [0.717, 1.165) is 5.56 Å². The number of cyclic esters (lactones) is 1. The number of hydrogen-bond acceptors (Lipinski definition) is 5. The average molecular weight is 597 g/mol. The van der Waals surface area contributed by atoms with E-state index in [4.69, 9.17) is 10.5 Å². The number of alkyl halides is 3. The van der Waals surface area contributed by atoms with Gasteiger partial charge >= 0.3 is 5.97 Å². The summed E-state index contributed by atoms with van der Waals surface area (Å²) in [5.74, 6) is -1.65. The van der Waals surface area contributed by atoms with Crippen molar-refractivity contribution in [3.05, 3.63) is 65.9 Å². The Bertz CT molecular complexity index is 1520. The van der Waals surface area contributed by atoms with Crippen molar-refractivity contribution in [1.82, 2.24) is 9.47 Å². The highest BCUT2D eigenvalue weighted by Crippen LogP contribution is 2.40. The Labute approximate surface area is 247 Å². The zero-order valence-electron chi connectivity index (χ0n) is 23.7. The number of halogens is 3. The number of anilines is 1. The molecule has 11 heteroatoms. The van der Waals surface area contributed by atoms with E-state index < -0.39 is 43.8 Å². The maximum absolute atomic E-state index is 14.0. The van der Waals surface area contributed by atoms with Gasteiger partial charge in [-0.2, -0.15) is 0 Å². The number of nitrogens with zero attached hydrogens (tertiary/aromatic N) is 2. The molecule has 8 nitrogen and oxygen atoms in total. The first-order valence-electron chi connectivity index (χ1n) is 14.8. The van der Waals surface area contributed by atoms with Crippen LogP contribution in [0.4, 0.5) is 18.9 Å². The van der Waals surface area contributed by atoms with E-state index in [1.807, 2.05) is 30.3 Å². The van der Waals surface area contributed by atoms with Gasteiger partial charge in [-0.1, -0.05) is 30.3 Å². The molecule has 3 atom stereocenters. The Hall–Kier alpha value is -3.86. The van der Waals surface area contributed by atoms with Crippen molar-refractivity contribution in [1.29, 1.82) is 0 Å². The van der Waals surface area contributed by atoms with Crippen LogP contribution in [-0.2, 0) is 20.1 Å². The number of esters is 1. The summed E-state index contributed by atoms with van der Waals surface area (Å²) >= 11 is 0. The zero-order chi connectivity index (χ0) is 30.3. The Morgan fingerprint density at radius 2 is 1.72 bits per heavy atom. The minimum Gasteiger partial charge on any atom is -0.428 e. The van der Waals surface area contributed by atoms with Gasteiger partial charge in [-0.15, -0.1) is 0 Å². The molecule has 0 spiro atoms. The second-order valence-corrected chi connectivity index (χ2v) is 11.9. The molecule has 0 bridgehead atoms. The molecule has 1 saturated heterocycles. The fourth-order valence-corrected chi connectivity index (χ4v) is 7.15. The van der Waals surface area contributed by atoms with Gasteiger partial charge in [0.05, 0.1) is 5.52 Å². The van der Waals surface area contributed by atoms with Crippen LogP contribution in [0.3, 0.4) is 0 Å². The molecule has 228 valence electrons. The lowest BCUT2D eigenvalue weighted by atomic mass is 9.78. The number of nitrogens with one attached hydrogen (secondary N) is 1. The van der Waals surface area contributed by atoms with Crippen molar-refractivity contribution in [3.8, 4) is 0 Å². The molecule has 2 aromatic carbocycles. The maximum Gasteiger partial charge on any atom is 0.357 e. The monoisotopic (exact) mass is 596 g/mol. The van der Waals surface area contributed by atoms with Gasteiger partial charge in [0, 0.05) is 35.5 Å². The minimum atomic E-state index is -2.04. The Morgan fingerprint density at radius 1 is 1.00 bits per heavy atom. The van der Waals surface area contributed by atoms with Gasteiger partial charge in [0.2, 0.25) is 17.5 Å². The number of carbonyl (C=O) groups excluding carboxylic acids is 3. The van der Waals surface area contributed by atoms with E-state index in [1.54, 1.807) is 23.1 Å². The third-order valence-corrected chi connectivity index (χ3v) is 9.47. The maximum atomic E-state index is 14.0. The molecule has 3 aliphatic rings. The highest BCUT2D eigenvalue weighted by molar-refractivity contribution is 6.02. The molecule has 1 aromatic heterocycles. The van der Waals surface area contributed by atoms with Crippen LogP contribution in [-0.4, -0.2) is 65.9 Å². The number of ether oxygens (including phenoxy) is 1. The molecule has 2 amide bonds. The lowest BCUT2D eigenvalue weighted by Crippen LogP contribution is -2.48. The van der Waals surface area contributed by atoms with Gasteiger partial charge < -0.3 is 20.7 Å². The molecule has 2 aliphatic heterocycles. The summed E-state index contributed by atoms with van der Waals surface area (Å²) in [7, 11) is 0. The molecule has 43 heavy (non-hydrogen) atoms. The zero-order valence-corrected chi connectivity index (χ0v) is 23.7. The number of amides is 2. The van der Waals surface area contributed by atoms with E-state index in [1.165, 1.54) is 10.6 Å². The molecule has 1 aliphatic carbocycles. The van der Waals surface area contributed by atoms with Crippen LogP contribution in [0.15, 0.2) is 54.6 Å². The number of carbonyl (C=O) groups is 3. The molecule has 6 rings (SSSR count). The Kier molecular flexibility index (Phi) is 7.93. The summed E-state index contributed by atoms with van der Waals surface area (Å²) in [5, 5.41) is 3.47. The first kappa shape index (κ1) is 29.2. The molecule has 2 fully saturated rings. The largest absolute Gasteiger partial charge is 0.428 e. The number of fused-ring (bicyclic) bond motifs is 3. The molecule has 0 radical (unpaired) electrons. The number of benzene rings is 2. The summed E-state index contributed by atoms with van der Waals surface area (Å²) < 4.78 is 47.1. The van der Waals surface area contributed by atoms with Crippen molar-refractivity contribution >= 4 is 34.4 Å². The van der Waals surface area contributed by atoms with Crippen LogP contribution < -0.4 is 11.1 Å². The van der Waals surface area contributed by atoms with E-state index in [-0.39, 0.29) is 35.3 Å². The summed E-state index contributed by atoms with van der Waals surface area (Å²) in [6, 6.07) is 14.7. The molecule has 3 N–H and O–H groups in total. The average Bonchev–Trinajstić information content (AvgIpc) is 3.73. The summed E-state index contributed by atoms with van der Waals surface area (Å²) in [5.41, 5.74) is 5.70. The fourth-order valence-electron chi connectivity index (χ4n) is 7.15. The highest BCUT2D eigenvalue weighted by atomic mass is 19.1. The first-order chi connectivity index (χ1) is 20.8. The fraction of sp³-hybridized carbons (Fsp3) is 0.469. The van der Waals surface area contributed by atoms with Gasteiger partial charge in [-0.3, -0.25) is 14.2 Å². The van der Waals surface area contributed by atoms with E-state index >= 15 is 0 Å². The van der Waals surface area contributed by atoms with Crippen molar-refractivity contribution in [2.45, 2.75) is 55.8 Å². The smallest absolute Gasteiger partial charge is 0.357 e. The van der Waals surface area contributed by atoms with Crippen LogP contribution >= 0.6 is 0 Å². The van der Waals surface area contributed by atoms with Gasteiger partial charge in [0.1, 0.15) is 18.4 Å². The highest BCUT2D eigenvalue weighted by Gasteiger charge is 2.48. The molecular formula is C32H35F3N4O4. The predicted octanol–water partition coefficient (Wildman–Crippen LogP) is 4.83. The number of likely N-dealkylation sites (tertiary alicyclic amines) is 1. The van der Waals surface area contributed by atoms with Gasteiger partial charge in [-0.05, 0) is 67.9 Å². The second kappa shape index (κ2) is 11.7. The van der Waals surface area contributed by atoms with Crippen molar-refractivity contribution in [2.75, 3.05) is 31.9 Å². The van der Waals surface area contributed by atoms with Crippen LogP contribution in [0, 0.1) is 11.8 Å². The van der Waals surface area contributed by atoms with Crippen molar-refractivity contribution in [2.24, 2.45) is 17.6 Å². The van der Waals surface area contributed by atoms with Crippen LogP contribution in [0.1, 0.15) is 54.1 Å². The lowest BCUT2D eigenvalue weighted by molar-refractivity contribution is -0.141. The lowest BCUT2D eigenvalue weighted by Gasteiger charge is -2.35. The number of rotatable bonds is 8. The minimum absolute atomic E-state index is 0.0349. The van der Waals surface area contributed by atoms with E-state index in [0.29, 0.717) is 55.2 Å². The predicted molar refractivity (Wildman–Crippen MR) is 155 cm³/mol. The third kappa shape index (κ3) is 5.07. The molecule has 1 saturated carbocycles. The van der Waals surface area contributed by atoms with Gasteiger partial charge in [0.15, 0.2) is 13.3 Å². The topological polar surface area (TPSA) is 107 Å².